The van der Waals surface area contributed by atoms with Gasteiger partial charge in [-0.15, -0.1) is 0 Å². The van der Waals surface area contributed by atoms with Crippen LogP contribution in [-0.2, 0) is 14.8 Å². The molecule has 9 heteroatoms. The highest BCUT2D eigenvalue weighted by Gasteiger charge is 2.41. The number of hydrogen-bond acceptors (Lipinski definition) is 5. The number of carbonyl (C=O) groups excluding carboxylic acids is 1. The second kappa shape index (κ2) is 9.14. The maximum atomic E-state index is 13.7. The Labute approximate surface area is 181 Å². The molecular formula is C22H25FN4O3S. The fourth-order valence-corrected chi connectivity index (χ4v) is 5.68. The first-order chi connectivity index (χ1) is 14.6. The molecule has 2 aromatic carbocycles. The Hall–Kier alpha value is -2.80. The lowest BCUT2D eigenvalue weighted by Gasteiger charge is -2.43. The van der Waals surface area contributed by atoms with Crippen LogP contribution in [0.4, 0.5) is 10.1 Å². The number of nitrogens with one attached hydrogen (secondary N) is 2. The molecule has 0 aromatic heterocycles. The number of piperazine rings is 1. The molecule has 1 aliphatic rings. The second-order valence-electron chi connectivity index (χ2n) is 7.74. The normalized spacial score (nSPS) is 22.0. The first-order valence-corrected chi connectivity index (χ1v) is 11.4. The van der Waals surface area contributed by atoms with Crippen LogP contribution in [0, 0.1) is 24.1 Å². The van der Waals surface area contributed by atoms with Crippen molar-refractivity contribution in [2.24, 2.45) is 0 Å². The van der Waals surface area contributed by atoms with Crippen LogP contribution >= 0.6 is 0 Å². The van der Waals surface area contributed by atoms with Crippen molar-refractivity contribution < 1.29 is 17.6 Å². The topological polar surface area (TPSA) is 102 Å². The van der Waals surface area contributed by atoms with E-state index in [0.717, 1.165) is 0 Å². The highest BCUT2D eigenvalue weighted by atomic mass is 32.2. The lowest BCUT2D eigenvalue weighted by molar-refractivity contribution is -0.117. The minimum atomic E-state index is -3.82. The Bertz CT molecular complexity index is 1110. The molecule has 164 valence electrons. The molecule has 0 spiro atoms. The van der Waals surface area contributed by atoms with Gasteiger partial charge in [0.15, 0.2) is 0 Å². The summed E-state index contributed by atoms with van der Waals surface area (Å²) in [4.78, 5) is 12.7. The molecule has 2 aromatic rings. The van der Waals surface area contributed by atoms with Crippen molar-refractivity contribution in [1.29, 1.82) is 5.26 Å². The first-order valence-electron chi connectivity index (χ1n) is 9.97. The van der Waals surface area contributed by atoms with Crippen molar-refractivity contribution in [1.82, 2.24) is 9.62 Å². The number of amides is 1. The predicted molar refractivity (Wildman–Crippen MR) is 115 cm³/mol. The molecule has 0 aliphatic carbocycles. The van der Waals surface area contributed by atoms with Gasteiger partial charge in [-0.2, -0.15) is 9.57 Å². The Morgan fingerprint density at radius 2 is 1.94 bits per heavy atom. The zero-order chi connectivity index (χ0) is 22.8. The fraction of sp³-hybridized carbons (Fsp3) is 0.364. The number of nitrogens with zero attached hydrogens (tertiary/aromatic N) is 2. The van der Waals surface area contributed by atoms with Crippen molar-refractivity contribution in [3.8, 4) is 6.07 Å². The van der Waals surface area contributed by atoms with E-state index in [2.05, 4.69) is 10.6 Å². The van der Waals surface area contributed by atoms with Crippen LogP contribution in [0.5, 0.6) is 0 Å². The van der Waals surface area contributed by atoms with Crippen LogP contribution in [0.1, 0.15) is 31.4 Å². The van der Waals surface area contributed by atoms with Gasteiger partial charge in [-0.25, -0.2) is 12.8 Å². The van der Waals surface area contributed by atoms with Crippen LogP contribution in [0.3, 0.4) is 0 Å². The molecule has 1 heterocycles. The highest BCUT2D eigenvalue weighted by molar-refractivity contribution is 7.89. The van der Waals surface area contributed by atoms with Gasteiger partial charge in [0, 0.05) is 42.3 Å². The number of anilines is 1. The summed E-state index contributed by atoms with van der Waals surface area (Å²) in [5, 5.41) is 14.9. The predicted octanol–water partition coefficient (Wildman–Crippen LogP) is 2.77. The van der Waals surface area contributed by atoms with Crippen molar-refractivity contribution in [2.75, 3.05) is 11.9 Å². The molecule has 3 rings (SSSR count). The lowest BCUT2D eigenvalue weighted by Crippen LogP contribution is -2.62. The van der Waals surface area contributed by atoms with Crippen LogP contribution in [-0.4, -0.2) is 43.3 Å². The van der Waals surface area contributed by atoms with E-state index in [0.29, 0.717) is 23.4 Å². The minimum Gasteiger partial charge on any atom is -0.326 e. The summed E-state index contributed by atoms with van der Waals surface area (Å²) in [6.07, 6.45) is 0.0310. The summed E-state index contributed by atoms with van der Waals surface area (Å²) in [5.41, 5.74) is 1.12. The summed E-state index contributed by atoms with van der Waals surface area (Å²) in [6.45, 7) is 5.53. The van der Waals surface area contributed by atoms with Crippen molar-refractivity contribution in [3.63, 3.8) is 0 Å². The number of benzene rings is 2. The zero-order valence-corrected chi connectivity index (χ0v) is 18.4. The second-order valence-corrected chi connectivity index (χ2v) is 9.58. The van der Waals surface area contributed by atoms with Gasteiger partial charge in [0.1, 0.15) is 5.82 Å². The Morgan fingerprint density at radius 3 is 2.58 bits per heavy atom. The monoisotopic (exact) mass is 444 g/mol. The SMILES string of the molecule is Cc1c(F)cccc1NC(=O)C[C@H]1NCC(C)N(S(=O)(=O)c2ccc(C#N)cc2)[C@H]1C. The van der Waals surface area contributed by atoms with Gasteiger partial charge in [-0.3, -0.25) is 4.79 Å². The molecule has 3 atom stereocenters. The number of sulfonamides is 1. The molecule has 0 saturated carbocycles. The molecule has 7 nitrogen and oxygen atoms in total. The van der Waals surface area contributed by atoms with E-state index in [1.54, 1.807) is 26.8 Å². The summed E-state index contributed by atoms with van der Waals surface area (Å²) in [6, 6.07) is 11.0. The molecular weight excluding hydrogens is 419 g/mol. The maximum absolute atomic E-state index is 13.7. The van der Waals surface area contributed by atoms with E-state index >= 15 is 0 Å². The van der Waals surface area contributed by atoms with Gasteiger partial charge in [-0.1, -0.05) is 6.07 Å². The van der Waals surface area contributed by atoms with E-state index in [9.17, 15) is 17.6 Å². The minimum absolute atomic E-state index is 0.0310. The van der Waals surface area contributed by atoms with Crippen LogP contribution in [0.2, 0.25) is 0 Å². The number of rotatable bonds is 5. The summed E-state index contributed by atoms with van der Waals surface area (Å²) < 4.78 is 41.7. The standard InChI is InChI=1S/C22H25FN4O3S/c1-14-13-25-21(11-22(28)26-20-6-4-5-19(23)15(20)2)16(3)27(14)31(29,30)18-9-7-17(12-24)8-10-18/h4-10,14,16,21,25H,11,13H2,1-3H3,(H,26,28)/t14?,16-,21+/m0/s1. The molecule has 1 amide bonds. The van der Waals surface area contributed by atoms with Gasteiger partial charge in [0.25, 0.3) is 0 Å². The summed E-state index contributed by atoms with van der Waals surface area (Å²) in [5.74, 6) is -0.737. The van der Waals surface area contributed by atoms with Crippen molar-refractivity contribution in [2.45, 2.75) is 50.2 Å². The fourth-order valence-electron chi connectivity index (χ4n) is 3.83. The third-order valence-corrected chi connectivity index (χ3v) is 7.71. The van der Waals surface area contributed by atoms with E-state index in [4.69, 9.17) is 5.26 Å². The van der Waals surface area contributed by atoms with Crippen LogP contribution < -0.4 is 10.6 Å². The largest absolute Gasteiger partial charge is 0.326 e. The molecule has 2 N–H and O–H groups in total. The van der Waals surface area contributed by atoms with Gasteiger partial charge in [0.2, 0.25) is 15.9 Å². The number of halogens is 1. The molecule has 1 fully saturated rings. The molecule has 31 heavy (non-hydrogen) atoms. The van der Waals surface area contributed by atoms with Gasteiger partial charge < -0.3 is 10.6 Å². The maximum Gasteiger partial charge on any atom is 0.243 e. The van der Waals surface area contributed by atoms with Gasteiger partial charge in [0.05, 0.1) is 16.5 Å². The number of hydrogen-bond donors (Lipinski definition) is 2. The third-order valence-electron chi connectivity index (χ3n) is 5.60. The highest BCUT2D eigenvalue weighted by Crippen LogP contribution is 2.27. The number of carbonyl (C=O) groups is 1. The van der Waals surface area contributed by atoms with Gasteiger partial charge in [-0.05, 0) is 57.2 Å². The van der Waals surface area contributed by atoms with Crippen LogP contribution in [0.15, 0.2) is 47.4 Å². The molecule has 0 bridgehead atoms. The average Bonchev–Trinajstić information content (AvgIpc) is 2.73. The lowest BCUT2D eigenvalue weighted by atomic mass is 10.0. The quantitative estimate of drug-likeness (QED) is 0.738. The Morgan fingerprint density at radius 1 is 1.26 bits per heavy atom. The van der Waals surface area contributed by atoms with E-state index in [1.165, 1.54) is 40.7 Å². The van der Waals surface area contributed by atoms with Gasteiger partial charge >= 0.3 is 0 Å². The van der Waals surface area contributed by atoms with Crippen molar-refractivity contribution >= 4 is 21.6 Å². The molecule has 1 unspecified atom stereocenters. The summed E-state index contributed by atoms with van der Waals surface area (Å²) in [7, 11) is -3.82. The third kappa shape index (κ3) is 4.77. The van der Waals surface area contributed by atoms with Crippen molar-refractivity contribution in [3.05, 3.63) is 59.4 Å². The molecule has 1 saturated heterocycles. The van der Waals surface area contributed by atoms with E-state index in [1.807, 2.05) is 6.07 Å². The molecule has 0 radical (unpaired) electrons. The Balaban J connectivity index is 1.77. The zero-order valence-electron chi connectivity index (χ0n) is 17.6. The number of nitriles is 1. The average molecular weight is 445 g/mol. The Kier molecular flexibility index (Phi) is 6.74. The first kappa shape index (κ1) is 22.9. The molecule has 1 aliphatic heterocycles. The van der Waals surface area contributed by atoms with E-state index in [-0.39, 0.29) is 23.3 Å². The summed E-state index contributed by atoms with van der Waals surface area (Å²) >= 11 is 0. The van der Waals surface area contributed by atoms with E-state index < -0.39 is 27.9 Å². The smallest absolute Gasteiger partial charge is 0.243 e. The van der Waals surface area contributed by atoms with Crippen LogP contribution in [0.25, 0.3) is 0 Å².